The summed E-state index contributed by atoms with van der Waals surface area (Å²) in [6.07, 6.45) is 1.87. The number of hydrogen-bond acceptors (Lipinski definition) is 12. The summed E-state index contributed by atoms with van der Waals surface area (Å²) in [6.45, 7) is 2.48. The molecule has 2 aliphatic heterocycles. The summed E-state index contributed by atoms with van der Waals surface area (Å²) < 4.78 is 38.6. The van der Waals surface area contributed by atoms with Gasteiger partial charge in [-0.2, -0.15) is 8.42 Å². The minimum absolute atomic E-state index is 0.0251. The smallest absolute Gasteiger partial charge is 0.323 e. The highest BCUT2D eigenvalue weighted by atomic mass is 32.2. The first-order valence-corrected chi connectivity index (χ1v) is 17.3. The van der Waals surface area contributed by atoms with E-state index >= 15 is 0 Å². The number of carbonyl (C=O) groups excluding carboxylic acids is 1. The second-order valence-corrected chi connectivity index (χ2v) is 15.1. The lowest BCUT2D eigenvalue weighted by Gasteiger charge is -2.21. The molecular weight excluding hydrogens is 675 g/mol. The largest absolute Gasteiger partial charge is 0.497 e. The van der Waals surface area contributed by atoms with Crippen molar-refractivity contribution in [3.63, 3.8) is 0 Å². The minimum atomic E-state index is -4.20. The number of thiocarbonyl (C=S) groups is 1. The van der Waals surface area contributed by atoms with Gasteiger partial charge in [-0.25, -0.2) is 0 Å². The van der Waals surface area contributed by atoms with Crippen LogP contribution < -0.4 is 24.4 Å². The topological polar surface area (TPSA) is 184 Å². The lowest BCUT2D eigenvalue weighted by molar-refractivity contribution is -0.140. The Labute approximate surface area is 269 Å². The molecule has 1 aromatic heterocycles. The Morgan fingerprint density at radius 1 is 1.09 bits per heavy atom. The fourth-order valence-electron chi connectivity index (χ4n) is 4.42. The standard InChI is InChI=1S/C26H27N3O10S5/c1-13(2)15(10-18-27(7-4-8-44(36,37)38)16-9-14(39-3)5-6-17(16)41-18)21-23(34)28(11-19(30)31)25(42-21)22-24(35)29(12-20(32)33)26(40)43-22/h5-6,9-10,13H,4,7-8,11-12H2,1-3H3,(H,30,31)(H,32,33)(H,36,37,38)/b18-10-,21-15-,25-22-. The maximum Gasteiger partial charge on any atom is 0.323 e. The van der Waals surface area contributed by atoms with E-state index in [1.54, 1.807) is 18.2 Å². The van der Waals surface area contributed by atoms with Crippen molar-refractivity contribution in [2.24, 2.45) is 5.92 Å². The molecule has 0 aliphatic carbocycles. The minimum Gasteiger partial charge on any atom is -0.497 e. The molecule has 1 saturated heterocycles. The Balaban J connectivity index is 1.93. The summed E-state index contributed by atoms with van der Waals surface area (Å²) in [5.74, 6) is -3.49. The van der Waals surface area contributed by atoms with Crippen molar-refractivity contribution in [2.45, 2.75) is 31.7 Å². The predicted molar refractivity (Wildman–Crippen MR) is 172 cm³/mol. The van der Waals surface area contributed by atoms with Gasteiger partial charge in [0.15, 0.2) is 0 Å². The summed E-state index contributed by atoms with van der Waals surface area (Å²) in [5, 5.41) is 19.4. The molecule has 2 aromatic rings. The van der Waals surface area contributed by atoms with E-state index in [2.05, 4.69) is 0 Å². The van der Waals surface area contributed by atoms with E-state index in [-0.39, 0.29) is 37.3 Å². The van der Waals surface area contributed by atoms with Crippen molar-refractivity contribution >= 4 is 95.5 Å². The van der Waals surface area contributed by atoms with Crippen molar-refractivity contribution in [2.75, 3.05) is 30.9 Å². The lowest BCUT2D eigenvalue weighted by Crippen LogP contribution is -2.37. The first-order valence-electron chi connectivity index (χ1n) is 12.9. The van der Waals surface area contributed by atoms with Crippen LogP contribution in [0.25, 0.3) is 10.5 Å². The third kappa shape index (κ3) is 7.37. The van der Waals surface area contributed by atoms with Crippen LogP contribution in [0.2, 0.25) is 0 Å². The van der Waals surface area contributed by atoms with E-state index in [0.717, 1.165) is 43.1 Å². The summed E-state index contributed by atoms with van der Waals surface area (Å²) in [7, 11) is -2.68. The zero-order chi connectivity index (χ0) is 32.5. The summed E-state index contributed by atoms with van der Waals surface area (Å²) in [5.41, 5.74) is 0.634. The van der Waals surface area contributed by atoms with Crippen molar-refractivity contribution in [3.05, 3.63) is 48.9 Å². The molecule has 1 aromatic carbocycles. The molecule has 0 bridgehead atoms. The van der Waals surface area contributed by atoms with Gasteiger partial charge in [0.1, 0.15) is 32.7 Å². The molecule has 44 heavy (non-hydrogen) atoms. The fourth-order valence-corrected chi connectivity index (χ4v) is 8.75. The number of nitrogens with zero attached hydrogens (tertiary/aromatic N) is 3. The van der Waals surface area contributed by atoms with Gasteiger partial charge in [-0.15, -0.1) is 11.3 Å². The van der Waals surface area contributed by atoms with Gasteiger partial charge in [0.25, 0.3) is 21.6 Å². The zero-order valence-electron chi connectivity index (χ0n) is 23.5. The van der Waals surface area contributed by atoms with Crippen LogP contribution >= 0.6 is 47.1 Å². The van der Waals surface area contributed by atoms with Crippen molar-refractivity contribution < 1.29 is 42.3 Å². The van der Waals surface area contributed by atoms with E-state index in [1.807, 2.05) is 24.8 Å². The number of carboxylic acid groups (broad SMARTS) is 2. The number of allylic oxidation sites excluding steroid dienone is 1. The van der Waals surface area contributed by atoms with E-state index in [1.165, 1.54) is 18.9 Å². The number of aromatic nitrogens is 1. The van der Waals surface area contributed by atoms with Crippen LogP contribution in [0.1, 0.15) is 20.3 Å². The number of thioether (sulfide) groups is 2. The van der Waals surface area contributed by atoms with Crippen LogP contribution in [0.4, 0.5) is 5.69 Å². The normalized spacial score (nSPS) is 18.0. The highest BCUT2D eigenvalue weighted by molar-refractivity contribution is 8.30. The van der Waals surface area contributed by atoms with Gasteiger partial charge in [-0.05, 0) is 36.1 Å². The lowest BCUT2D eigenvalue weighted by atomic mass is 10.0. The summed E-state index contributed by atoms with van der Waals surface area (Å²) in [4.78, 5) is 53.5. The third-order valence-corrected chi connectivity index (χ3v) is 11.1. The molecule has 13 nitrogen and oxygen atoms in total. The number of carboxylic acids is 2. The number of hydrogen-bond donors (Lipinski definition) is 3. The molecule has 2 aliphatic rings. The molecular formula is C26H27N3O10S5. The second-order valence-electron chi connectivity index (χ2n) is 9.82. The highest BCUT2D eigenvalue weighted by Crippen LogP contribution is 2.48. The Kier molecular flexibility index (Phi) is 10.3. The molecule has 4 rings (SSSR count). The Hall–Kier alpha value is -3.16. The van der Waals surface area contributed by atoms with Gasteiger partial charge in [0, 0.05) is 17.5 Å². The van der Waals surface area contributed by atoms with Gasteiger partial charge in [0.2, 0.25) is 0 Å². The fraction of sp³-hybridized carbons (Fsp3) is 0.346. The maximum absolute atomic E-state index is 13.8. The van der Waals surface area contributed by atoms with Crippen molar-refractivity contribution in [3.8, 4) is 5.75 Å². The molecule has 0 saturated carbocycles. The predicted octanol–water partition coefficient (Wildman–Crippen LogP) is 1.59. The van der Waals surface area contributed by atoms with Crippen LogP contribution in [-0.2, 0) is 31.0 Å². The SMILES string of the molecule is COc1ccc2c(c1)N(CCCS(=O)(=O)O)/C(=C/C(=c1/s/c(=C3\SC(=S)N(CC(=O)O)C3=O)n(CC(=O)O)c1=O)C(C)C)S2. The van der Waals surface area contributed by atoms with E-state index < -0.39 is 52.4 Å². The van der Waals surface area contributed by atoms with Crippen LogP contribution in [0, 0.1) is 5.92 Å². The van der Waals surface area contributed by atoms with E-state index in [9.17, 15) is 42.4 Å². The van der Waals surface area contributed by atoms with Gasteiger partial charge in [-0.1, -0.05) is 49.6 Å². The summed E-state index contributed by atoms with van der Waals surface area (Å²) in [6, 6.07) is 5.42. The number of thiazole rings is 1. The number of carbonyl (C=O) groups is 3. The van der Waals surface area contributed by atoms with Gasteiger partial charge < -0.3 is 19.8 Å². The molecule has 0 unspecified atom stereocenters. The van der Waals surface area contributed by atoms with Crippen LogP contribution in [-0.4, -0.2) is 80.8 Å². The van der Waals surface area contributed by atoms with Gasteiger partial charge >= 0.3 is 11.9 Å². The van der Waals surface area contributed by atoms with Gasteiger partial charge in [0.05, 0.1) is 28.1 Å². The van der Waals surface area contributed by atoms with Crippen LogP contribution in [0.15, 0.2) is 39.0 Å². The molecule has 18 heteroatoms. The molecule has 1 fully saturated rings. The van der Waals surface area contributed by atoms with Crippen LogP contribution in [0.3, 0.4) is 0 Å². The van der Waals surface area contributed by atoms with Crippen molar-refractivity contribution in [1.82, 2.24) is 9.47 Å². The molecule has 0 spiro atoms. The Bertz CT molecular complexity index is 1880. The number of amides is 1. The number of methoxy groups -OCH3 is 1. The van der Waals surface area contributed by atoms with Gasteiger partial charge in [-0.3, -0.25) is 33.2 Å². The third-order valence-electron chi connectivity index (χ3n) is 6.40. The molecule has 1 amide bonds. The van der Waals surface area contributed by atoms with Crippen LogP contribution in [0.5, 0.6) is 5.75 Å². The van der Waals surface area contributed by atoms with E-state index in [0.29, 0.717) is 16.4 Å². The second kappa shape index (κ2) is 13.5. The molecule has 0 radical (unpaired) electrons. The quantitative estimate of drug-likeness (QED) is 0.227. The number of fused-ring (bicyclic) bond motifs is 1. The molecule has 3 heterocycles. The average molecular weight is 702 g/mol. The molecule has 236 valence electrons. The van der Waals surface area contributed by atoms with Crippen molar-refractivity contribution in [1.29, 1.82) is 0 Å². The number of ether oxygens (including phenoxy) is 1. The zero-order valence-corrected chi connectivity index (χ0v) is 27.6. The Morgan fingerprint density at radius 2 is 1.77 bits per heavy atom. The number of anilines is 1. The number of rotatable bonds is 11. The molecule has 3 N–H and O–H groups in total. The summed E-state index contributed by atoms with van der Waals surface area (Å²) >= 11 is 8.29. The number of benzene rings is 1. The first-order chi connectivity index (χ1) is 20.6. The Morgan fingerprint density at radius 3 is 2.36 bits per heavy atom. The monoisotopic (exact) mass is 701 g/mol. The highest BCUT2D eigenvalue weighted by Gasteiger charge is 2.36. The average Bonchev–Trinajstić information content (AvgIpc) is 3.52. The van der Waals surface area contributed by atoms with E-state index in [4.69, 9.17) is 17.0 Å². The number of aliphatic carboxylic acids is 2. The first kappa shape index (κ1) is 33.7. The molecule has 0 atom stereocenters. The maximum atomic E-state index is 13.8.